The van der Waals surface area contributed by atoms with E-state index in [-0.39, 0.29) is 6.54 Å². The second kappa shape index (κ2) is 5.71. The first-order valence-electron chi connectivity index (χ1n) is 5.20. The molecule has 0 saturated heterocycles. The molecule has 17 heavy (non-hydrogen) atoms. The summed E-state index contributed by atoms with van der Waals surface area (Å²) in [7, 11) is 1.52. The van der Waals surface area contributed by atoms with Crippen LogP contribution in [0.5, 0.6) is 0 Å². The second-order valence-electron chi connectivity index (χ2n) is 4.04. The van der Waals surface area contributed by atoms with Gasteiger partial charge in [-0.15, -0.1) is 0 Å². The number of nitriles is 1. The van der Waals surface area contributed by atoms with Gasteiger partial charge in [-0.1, -0.05) is 30.3 Å². The number of halogens is 2. The van der Waals surface area contributed by atoms with Gasteiger partial charge >= 0.3 is 0 Å². The first-order chi connectivity index (χ1) is 7.98. The molecule has 0 spiro atoms. The van der Waals surface area contributed by atoms with Crippen LogP contribution in [-0.2, 0) is 5.54 Å². The first-order valence-corrected chi connectivity index (χ1v) is 5.20. The van der Waals surface area contributed by atoms with Gasteiger partial charge in [0.1, 0.15) is 5.54 Å². The summed E-state index contributed by atoms with van der Waals surface area (Å²) in [5.74, 6) is 0. The van der Waals surface area contributed by atoms with Gasteiger partial charge in [-0.25, -0.2) is 8.78 Å². The molecule has 1 unspecified atom stereocenters. The number of nitrogens with two attached hydrogens (primary N) is 1. The Morgan fingerprint density at radius 2 is 2.00 bits per heavy atom. The van der Waals surface area contributed by atoms with Crippen LogP contribution in [-0.4, -0.2) is 31.5 Å². The maximum atomic E-state index is 12.2. The molecule has 0 radical (unpaired) electrons. The van der Waals surface area contributed by atoms with Crippen LogP contribution in [0.3, 0.4) is 0 Å². The van der Waals surface area contributed by atoms with Crippen LogP contribution in [0.4, 0.5) is 8.78 Å². The normalized spacial score (nSPS) is 14.6. The Morgan fingerprint density at radius 3 is 2.47 bits per heavy atom. The number of rotatable bonds is 5. The van der Waals surface area contributed by atoms with E-state index in [1.54, 1.807) is 24.3 Å². The van der Waals surface area contributed by atoms with E-state index in [2.05, 4.69) is 0 Å². The highest BCUT2D eigenvalue weighted by molar-refractivity contribution is 5.31. The topological polar surface area (TPSA) is 53.0 Å². The Kier molecular flexibility index (Phi) is 4.55. The molecule has 1 aromatic rings. The third-order valence-corrected chi connectivity index (χ3v) is 2.46. The van der Waals surface area contributed by atoms with Crippen molar-refractivity contribution in [1.82, 2.24) is 4.90 Å². The fraction of sp³-hybridized carbons (Fsp3) is 0.417. The van der Waals surface area contributed by atoms with Gasteiger partial charge in [-0.05, 0) is 12.6 Å². The maximum Gasteiger partial charge on any atom is 0.251 e. The Morgan fingerprint density at radius 1 is 1.41 bits per heavy atom. The summed E-state index contributed by atoms with van der Waals surface area (Å²) in [5, 5.41) is 9.13. The van der Waals surface area contributed by atoms with Gasteiger partial charge in [0.05, 0.1) is 12.6 Å². The number of nitrogens with zero attached hydrogens (tertiary/aromatic N) is 2. The fourth-order valence-corrected chi connectivity index (χ4v) is 1.65. The third kappa shape index (κ3) is 3.77. The van der Waals surface area contributed by atoms with E-state index < -0.39 is 18.5 Å². The zero-order valence-electron chi connectivity index (χ0n) is 9.61. The second-order valence-corrected chi connectivity index (χ2v) is 4.04. The van der Waals surface area contributed by atoms with Gasteiger partial charge in [-0.3, -0.25) is 4.90 Å². The average Bonchev–Trinajstić information content (AvgIpc) is 2.29. The van der Waals surface area contributed by atoms with Crippen molar-refractivity contribution in [3.8, 4) is 6.07 Å². The van der Waals surface area contributed by atoms with Gasteiger partial charge < -0.3 is 5.73 Å². The summed E-state index contributed by atoms with van der Waals surface area (Å²) < 4.78 is 24.4. The number of hydrogen-bond donors (Lipinski definition) is 1. The number of likely N-dealkylation sites (N-methyl/N-ethyl adjacent to an activating group) is 1. The van der Waals surface area contributed by atoms with Crippen LogP contribution in [0.1, 0.15) is 5.56 Å². The van der Waals surface area contributed by atoms with E-state index in [1.165, 1.54) is 11.9 Å². The Labute approximate surface area is 99.4 Å². The molecule has 1 atom stereocenters. The molecule has 3 nitrogen and oxygen atoms in total. The van der Waals surface area contributed by atoms with Crippen molar-refractivity contribution in [2.75, 3.05) is 20.1 Å². The molecule has 2 N–H and O–H groups in total. The number of benzene rings is 1. The molecule has 0 aromatic heterocycles. The molecule has 0 bridgehead atoms. The molecule has 0 aliphatic carbocycles. The molecule has 92 valence electrons. The molecule has 1 aromatic carbocycles. The van der Waals surface area contributed by atoms with Crippen molar-refractivity contribution in [2.24, 2.45) is 5.73 Å². The lowest BCUT2D eigenvalue weighted by atomic mass is 9.92. The fourth-order valence-electron chi connectivity index (χ4n) is 1.65. The van der Waals surface area contributed by atoms with Crippen molar-refractivity contribution < 1.29 is 8.78 Å². The Balaban J connectivity index is 2.81. The zero-order chi connectivity index (χ0) is 12.9. The minimum Gasteiger partial charge on any atom is -0.309 e. The van der Waals surface area contributed by atoms with Crippen LogP contribution >= 0.6 is 0 Å². The summed E-state index contributed by atoms with van der Waals surface area (Å²) in [5.41, 5.74) is 5.32. The van der Waals surface area contributed by atoms with Crippen molar-refractivity contribution >= 4 is 0 Å². The van der Waals surface area contributed by atoms with Gasteiger partial charge in [0.25, 0.3) is 6.43 Å². The minimum absolute atomic E-state index is 0.0673. The maximum absolute atomic E-state index is 12.2. The Bertz CT molecular complexity index is 388. The molecular weight excluding hydrogens is 224 g/mol. The first kappa shape index (κ1) is 13.6. The van der Waals surface area contributed by atoms with Crippen LogP contribution in [0.15, 0.2) is 30.3 Å². The number of hydrogen-bond acceptors (Lipinski definition) is 3. The summed E-state index contributed by atoms with van der Waals surface area (Å²) in [6, 6.07) is 10.8. The third-order valence-electron chi connectivity index (χ3n) is 2.46. The summed E-state index contributed by atoms with van der Waals surface area (Å²) in [6.07, 6.45) is -2.43. The van der Waals surface area contributed by atoms with Gasteiger partial charge in [0, 0.05) is 6.54 Å². The van der Waals surface area contributed by atoms with Crippen molar-refractivity contribution in [3.05, 3.63) is 35.9 Å². The van der Waals surface area contributed by atoms with Gasteiger partial charge in [-0.2, -0.15) is 5.26 Å². The van der Waals surface area contributed by atoms with Gasteiger partial charge in [0.15, 0.2) is 0 Å². The Hall–Kier alpha value is -1.51. The van der Waals surface area contributed by atoms with E-state index >= 15 is 0 Å². The SMILES string of the molecule is CN(CC(F)F)CC(N)(C#N)c1ccccc1. The molecule has 0 amide bonds. The number of alkyl halides is 2. The predicted octanol–water partition coefficient (Wildman–Crippen LogP) is 1.56. The van der Waals surface area contributed by atoms with E-state index in [1.807, 2.05) is 12.1 Å². The molecule has 1 rings (SSSR count). The van der Waals surface area contributed by atoms with Crippen molar-refractivity contribution in [1.29, 1.82) is 5.26 Å². The lowest BCUT2D eigenvalue weighted by Gasteiger charge is -2.27. The molecule has 0 heterocycles. The van der Waals surface area contributed by atoms with E-state index in [4.69, 9.17) is 11.0 Å². The minimum atomic E-state index is -2.43. The summed E-state index contributed by atoms with van der Waals surface area (Å²) in [4.78, 5) is 1.36. The van der Waals surface area contributed by atoms with Crippen molar-refractivity contribution in [2.45, 2.75) is 12.0 Å². The standard InChI is InChI=1S/C12H15F2N3/c1-17(7-11(13)14)9-12(16,8-15)10-5-3-2-4-6-10/h2-6,11H,7,9,16H2,1H3. The molecular formula is C12H15F2N3. The molecule has 0 aliphatic rings. The average molecular weight is 239 g/mol. The molecule has 0 fully saturated rings. The molecule has 0 aliphatic heterocycles. The summed E-state index contributed by atoms with van der Waals surface area (Å²) in [6.45, 7) is -0.328. The zero-order valence-corrected chi connectivity index (χ0v) is 9.61. The lowest BCUT2D eigenvalue weighted by molar-refractivity contribution is 0.0938. The largest absolute Gasteiger partial charge is 0.309 e. The van der Waals surface area contributed by atoms with E-state index in [9.17, 15) is 8.78 Å². The predicted molar refractivity (Wildman–Crippen MR) is 61.4 cm³/mol. The molecule has 0 saturated carbocycles. The van der Waals surface area contributed by atoms with Gasteiger partial charge in [0.2, 0.25) is 0 Å². The van der Waals surface area contributed by atoms with Crippen LogP contribution in [0, 0.1) is 11.3 Å². The van der Waals surface area contributed by atoms with Crippen LogP contribution in [0.2, 0.25) is 0 Å². The van der Waals surface area contributed by atoms with Crippen LogP contribution < -0.4 is 5.73 Å². The highest BCUT2D eigenvalue weighted by Crippen LogP contribution is 2.18. The highest BCUT2D eigenvalue weighted by Gasteiger charge is 2.29. The van der Waals surface area contributed by atoms with E-state index in [0.717, 1.165) is 0 Å². The molecule has 5 heteroatoms. The highest BCUT2D eigenvalue weighted by atomic mass is 19.3. The monoisotopic (exact) mass is 239 g/mol. The lowest BCUT2D eigenvalue weighted by Crippen LogP contribution is -2.46. The van der Waals surface area contributed by atoms with Crippen molar-refractivity contribution in [3.63, 3.8) is 0 Å². The smallest absolute Gasteiger partial charge is 0.251 e. The van der Waals surface area contributed by atoms with Crippen LogP contribution in [0.25, 0.3) is 0 Å². The quantitative estimate of drug-likeness (QED) is 0.848. The van der Waals surface area contributed by atoms with E-state index in [0.29, 0.717) is 5.56 Å². The summed E-state index contributed by atoms with van der Waals surface area (Å²) >= 11 is 0.